The average Bonchev–Trinajstić information content (AvgIpc) is 2.28. The second-order valence-electron chi connectivity index (χ2n) is 3.82. The zero-order valence-electron chi connectivity index (χ0n) is 7.80. The van der Waals surface area contributed by atoms with E-state index in [9.17, 15) is 9.59 Å². The number of nitrogens with zero attached hydrogens (tertiary/aromatic N) is 1. The van der Waals surface area contributed by atoms with Crippen LogP contribution < -0.4 is 5.32 Å². The third-order valence-electron chi connectivity index (χ3n) is 2.90. The SMILES string of the molecule is CCCN1C(=O)NC2(CCC2)C1=O. The molecule has 0 aromatic carbocycles. The molecule has 1 spiro atoms. The van der Waals surface area contributed by atoms with E-state index in [1.165, 1.54) is 4.90 Å². The van der Waals surface area contributed by atoms with Gasteiger partial charge < -0.3 is 5.32 Å². The van der Waals surface area contributed by atoms with E-state index in [0.29, 0.717) is 6.54 Å². The molecule has 4 nitrogen and oxygen atoms in total. The van der Waals surface area contributed by atoms with Crippen LogP contribution in [0, 0.1) is 0 Å². The number of hydrogen-bond acceptors (Lipinski definition) is 2. The Morgan fingerprint density at radius 1 is 1.46 bits per heavy atom. The zero-order valence-corrected chi connectivity index (χ0v) is 7.80. The number of carbonyl (C=O) groups excluding carboxylic acids is 2. The van der Waals surface area contributed by atoms with E-state index in [2.05, 4.69) is 5.32 Å². The van der Waals surface area contributed by atoms with Crippen molar-refractivity contribution in [2.24, 2.45) is 0 Å². The summed E-state index contributed by atoms with van der Waals surface area (Å²) in [6.45, 7) is 2.51. The van der Waals surface area contributed by atoms with Crippen LogP contribution in [0.3, 0.4) is 0 Å². The predicted octanol–water partition coefficient (Wildman–Crippen LogP) is 0.871. The van der Waals surface area contributed by atoms with Crippen molar-refractivity contribution in [3.63, 3.8) is 0 Å². The van der Waals surface area contributed by atoms with E-state index >= 15 is 0 Å². The van der Waals surface area contributed by atoms with E-state index in [0.717, 1.165) is 25.7 Å². The van der Waals surface area contributed by atoms with Crippen molar-refractivity contribution in [3.8, 4) is 0 Å². The number of amides is 3. The molecular weight excluding hydrogens is 168 g/mol. The first-order valence-corrected chi connectivity index (χ1v) is 4.84. The van der Waals surface area contributed by atoms with Gasteiger partial charge in [0.2, 0.25) is 0 Å². The molecule has 2 aliphatic rings. The molecular formula is C9H14N2O2. The van der Waals surface area contributed by atoms with Crippen molar-refractivity contribution in [1.29, 1.82) is 0 Å². The number of imide groups is 1. The minimum atomic E-state index is -0.494. The Kier molecular flexibility index (Phi) is 1.78. The molecule has 72 valence electrons. The molecule has 1 N–H and O–H groups in total. The molecule has 13 heavy (non-hydrogen) atoms. The minimum absolute atomic E-state index is 0.00870. The summed E-state index contributed by atoms with van der Waals surface area (Å²) < 4.78 is 0. The Bertz CT molecular complexity index is 258. The lowest BCUT2D eigenvalue weighted by Gasteiger charge is -2.34. The lowest BCUT2D eigenvalue weighted by atomic mass is 9.77. The van der Waals surface area contributed by atoms with Gasteiger partial charge in [0.05, 0.1) is 0 Å². The lowest BCUT2D eigenvalue weighted by molar-refractivity contribution is -0.134. The van der Waals surface area contributed by atoms with Crippen LogP contribution in [0.4, 0.5) is 4.79 Å². The monoisotopic (exact) mass is 182 g/mol. The molecule has 1 aliphatic heterocycles. The van der Waals surface area contributed by atoms with E-state index in [4.69, 9.17) is 0 Å². The maximum atomic E-state index is 11.8. The van der Waals surface area contributed by atoms with Gasteiger partial charge in [0.15, 0.2) is 0 Å². The van der Waals surface area contributed by atoms with Gasteiger partial charge >= 0.3 is 6.03 Å². The van der Waals surface area contributed by atoms with Gasteiger partial charge in [-0.3, -0.25) is 9.69 Å². The van der Waals surface area contributed by atoms with Gasteiger partial charge in [0.1, 0.15) is 5.54 Å². The Morgan fingerprint density at radius 3 is 2.54 bits per heavy atom. The maximum Gasteiger partial charge on any atom is 0.325 e. The number of carbonyl (C=O) groups is 2. The molecule has 1 heterocycles. The van der Waals surface area contributed by atoms with Crippen LogP contribution in [-0.4, -0.2) is 28.9 Å². The van der Waals surface area contributed by atoms with Gasteiger partial charge in [-0.1, -0.05) is 6.92 Å². The summed E-state index contributed by atoms with van der Waals surface area (Å²) in [6.07, 6.45) is 3.51. The van der Waals surface area contributed by atoms with Crippen molar-refractivity contribution in [1.82, 2.24) is 10.2 Å². The van der Waals surface area contributed by atoms with Crippen LogP contribution >= 0.6 is 0 Å². The first kappa shape index (κ1) is 8.53. The molecule has 4 heteroatoms. The lowest BCUT2D eigenvalue weighted by Crippen LogP contribution is -2.52. The Balaban J connectivity index is 2.14. The summed E-state index contributed by atoms with van der Waals surface area (Å²) in [5, 5.41) is 2.79. The highest BCUT2D eigenvalue weighted by Gasteiger charge is 2.54. The third-order valence-corrected chi connectivity index (χ3v) is 2.90. The van der Waals surface area contributed by atoms with Crippen LogP contribution in [0.1, 0.15) is 32.6 Å². The molecule has 0 bridgehead atoms. The molecule has 3 amide bonds. The fourth-order valence-electron chi connectivity index (χ4n) is 1.97. The molecule has 2 rings (SSSR count). The van der Waals surface area contributed by atoms with Crippen molar-refractivity contribution in [2.75, 3.05) is 6.54 Å². The van der Waals surface area contributed by atoms with Crippen LogP contribution in [0.2, 0.25) is 0 Å². The van der Waals surface area contributed by atoms with Crippen molar-refractivity contribution >= 4 is 11.9 Å². The average molecular weight is 182 g/mol. The topological polar surface area (TPSA) is 49.4 Å². The molecule has 0 aromatic rings. The summed E-state index contributed by atoms with van der Waals surface area (Å²) in [6, 6.07) is -0.202. The molecule has 0 radical (unpaired) electrons. The van der Waals surface area contributed by atoms with E-state index in [1.807, 2.05) is 6.92 Å². The quantitative estimate of drug-likeness (QED) is 0.644. The molecule has 0 unspecified atom stereocenters. The molecule has 1 aliphatic carbocycles. The number of nitrogens with one attached hydrogen (secondary N) is 1. The van der Waals surface area contributed by atoms with Crippen molar-refractivity contribution in [2.45, 2.75) is 38.1 Å². The summed E-state index contributed by atoms with van der Waals surface area (Å²) in [5.41, 5.74) is -0.494. The van der Waals surface area contributed by atoms with Gasteiger partial charge in [-0.15, -0.1) is 0 Å². The van der Waals surface area contributed by atoms with Gasteiger partial charge in [0, 0.05) is 6.54 Å². The van der Waals surface area contributed by atoms with Crippen LogP contribution in [-0.2, 0) is 4.79 Å². The summed E-state index contributed by atoms with van der Waals surface area (Å²) in [4.78, 5) is 24.5. The third kappa shape index (κ3) is 1.04. The maximum absolute atomic E-state index is 11.8. The van der Waals surface area contributed by atoms with Crippen molar-refractivity contribution in [3.05, 3.63) is 0 Å². The zero-order chi connectivity index (χ0) is 9.47. The summed E-state index contributed by atoms with van der Waals surface area (Å²) in [7, 11) is 0. The second-order valence-corrected chi connectivity index (χ2v) is 3.82. The van der Waals surface area contributed by atoms with Gasteiger partial charge in [-0.2, -0.15) is 0 Å². The number of urea groups is 1. The summed E-state index contributed by atoms with van der Waals surface area (Å²) in [5.74, 6) is -0.00870. The van der Waals surface area contributed by atoms with Gasteiger partial charge in [-0.25, -0.2) is 4.79 Å². The first-order valence-electron chi connectivity index (χ1n) is 4.84. The molecule has 0 atom stereocenters. The van der Waals surface area contributed by atoms with Crippen LogP contribution in [0.15, 0.2) is 0 Å². The van der Waals surface area contributed by atoms with E-state index < -0.39 is 5.54 Å². The summed E-state index contributed by atoms with van der Waals surface area (Å²) >= 11 is 0. The van der Waals surface area contributed by atoms with E-state index in [-0.39, 0.29) is 11.9 Å². The first-order chi connectivity index (χ1) is 6.19. The molecule has 1 saturated carbocycles. The normalized spacial score (nSPS) is 24.8. The molecule has 1 saturated heterocycles. The largest absolute Gasteiger partial charge is 0.325 e. The standard InChI is InChI=1S/C9H14N2O2/c1-2-6-11-7(12)9(4-3-5-9)10-8(11)13/h2-6H2,1H3,(H,10,13). The Labute approximate surface area is 77.3 Å². The fourth-order valence-corrected chi connectivity index (χ4v) is 1.97. The van der Waals surface area contributed by atoms with Crippen LogP contribution in [0.25, 0.3) is 0 Å². The highest BCUT2D eigenvalue weighted by molar-refractivity contribution is 6.07. The second kappa shape index (κ2) is 2.72. The van der Waals surface area contributed by atoms with Gasteiger partial charge in [-0.05, 0) is 25.7 Å². The number of hydrogen-bond donors (Lipinski definition) is 1. The van der Waals surface area contributed by atoms with Gasteiger partial charge in [0.25, 0.3) is 5.91 Å². The van der Waals surface area contributed by atoms with Crippen molar-refractivity contribution < 1.29 is 9.59 Å². The predicted molar refractivity (Wildman–Crippen MR) is 47.1 cm³/mol. The Hall–Kier alpha value is -1.06. The molecule has 2 fully saturated rings. The highest BCUT2D eigenvalue weighted by Crippen LogP contribution is 2.37. The smallest absolute Gasteiger partial charge is 0.323 e. The minimum Gasteiger partial charge on any atom is -0.323 e. The fraction of sp³-hybridized carbons (Fsp3) is 0.778. The van der Waals surface area contributed by atoms with Crippen LogP contribution in [0.5, 0.6) is 0 Å². The molecule has 0 aromatic heterocycles. The Morgan fingerprint density at radius 2 is 2.15 bits per heavy atom. The van der Waals surface area contributed by atoms with E-state index in [1.54, 1.807) is 0 Å². The number of rotatable bonds is 2. The highest BCUT2D eigenvalue weighted by atomic mass is 16.2.